The second-order valence-electron chi connectivity index (χ2n) is 5.13. The minimum atomic E-state index is 0. The first-order valence-electron chi connectivity index (χ1n) is 7.65. The molecule has 0 bridgehead atoms. The zero-order valence-corrected chi connectivity index (χ0v) is 15.9. The van der Waals surface area contributed by atoms with E-state index < -0.39 is 0 Å². The zero-order valence-electron chi connectivity index (χ0n) is 13.6. The lowest BCUT2D eigenvalue weighted by atomic mass is 10.1. The highest BCUT2D eigenvalue weighted by molar-refractivity contribution is 14.0. The third-order valence-electron chi connectivity index (χ3n) is 3.56. The lowest BCUT2D eigenvalue weighted by Gasteiger charge is -2.12. The summed E-state index contributed by atoms with van der Waals surface area (Å²) in [6.45, 7) is 2.67. The highest BCUT2D eigenvalue weighted by atomic mass is 127. The second-order valence-corrected chi connectivity index (χ2v) is 5.13. The summed E-state index contributed by atoms with van der Waals surface area (Å²) in [5, 5.41) is 10.7. The van der Waals surface area contributed by atoms with Crippen LogP contribution >= 0.6 is 24.0 Å². The van der Waals surface area contributed by atoms with Crippen LogP contribution in [-0.2, 0) is 13.0 Å². The predicted molar refractivity (Wildman–Crippen MR) is 103 cm³/mol. The fourth-order valence-electron chi connectivity index (χ4n) is 2.36. The van der Waals surface area contributed by atoms with Crippen molar-refractivity contribution in [2.75, 3.05) is 26.9 Å². The van der Waals surface area contributed by atoms with Crippen LogP contribution in [-0.4, -0.2) is 42.7 Å². The number of nitrogens with one attached hydrogen (secondary N) is 2. The molecule has 0 spiro atoms. The lowest BCUT2D eigenvalue weighted by Crippen LogP contribution is -2.39. The molecule has 130 valence electrons. The molecule has 7 nitrogen and oxygen atoms in total. The smallest absolute Gasteiger partial charge is 0.231 e. The summed E-state index contributed by atoms with van der Waals surface area (Å²) in [4.78, 5) is 4.22. The molecule has 24 heavy (non-hydrogen) atoms. The Hall–Kier alpha value is -1.97. The fraction of sp³-hybridized carbons (Fsp3) is 0.375. The van der Waals surface area contributed by atoms with E-state index >= 15 is 0 Å². The van der Waals surface area contributed by atoms with Gasteiger partial charge in [0.15, 0.2) is 17.5 Å². The van der Waals surface area contributed by atoms with E-state index in [9.17, 15) is 0 Å². The average Bonchev–Trinajstić information content (AvgIpc) is 3.24. The molecule has 1 aromatic carbocycles. The van der Waals surface area contributed by atoms with Gasteiger partial charge in [0.1, 0.15) is 0 Å². The number of benzene rings is 1. The lowest BCUT2D eigenvalue weighted by molar-refractivity contribution is 0.174. The van der Waals surface area contributed by atoms with Crippen molar-refractivity contribution in [3.8, 4) is 11.5 Å². The predicted octanol–water partition coefficient (Wildman–Crippen LogP) is 1.64. The number of guanidine groups is 1. The van der Waals surface area contributed by atoms with Crippen LogP contribution in [0.1, 0.15) is 5.56 Å². The molecule has 3 rings (SSSR count). The maximum Gasteiger partial charge on any atom is 0.231 e. The van der Waals surface area contributed by atoms with Gasteiger partial charge in [0.2, 0.25) is 6.79 Å². The Kier molecular flexibility index (Phi) is 7.16. The largest absolute Gasteiger partial charge is 0.454 e. The maximum atomic E-state index is 5.39. The van der Waals surface area contributed by atoms with Crippen molar-refractivity contribution in [3.63, 3.8) is 0 Å². The van der Waals surface area contributed by atoms with Crippen molar-refractivity contribution in [2.24, 2.45) is 4.99 Å². The van der Waals surface area contributed by atoms with Gasteiger partial charge in [0.25, 0.3) is 0 Å². The summed E-state index contributed by atoms with van der Waals surface area (Å²) in [5.74, 6) is 2.43. The number of hydrogen-bond acceptors (Lipinski definition) is 4. The molecule has 0 fully saturated rings. The first-order chi connectivity index (χ1) is 11.3. The van der Waals surface area contributed by atoms with Gasteiger partial charge in [-0.25, -0.2) is 0 Å². The van der Waals surface area contributed by atoms with Gasteiger partial charge >= 0.3 is 0 Å². The first kappa shape index (κ1) is 18.4. The standard InChI is InChI=1S/C16H21N5O2.HI/c1-17-16(19-8-10-21-9-2-6-20-21)18-7-5-13-3-4-14-15(11-13)23-12-22-14;/h2-4,6,9,11H,5,7-8,10,12H2,1H3,(H2,17,18,19);1H. The number of halogens is 1. The van der Waals surface area contributed by atoms with Crippen LogP contribution in [0.25, 0.3) is 0 Å². The normalized spacial score (nSPS) is 12.6. The summed E-state index contributed by atoms with van der Waals surface area (Å²) in [7, 11) is 1.77. The van der Waals surface area contributed by atoms with E-state index in [2.05, 4.69) is 26.8 Å². The molecule has 0 radical (unpaired) electrons. The Morgan fingerprint density at radius 1 is 1.25 bits per heavy atom. The van der Waals surface area contributed by atoms with Crippen LogP contribution in [0, 0.1) is 0 Å². The van der Waals surface area contributed by atoms with Gasteiger partial charge in [-0.2, -0.15) is 5.10 Å². The minimum Gasteiger partial charge on any atom is -0.454 e. The van der Waals surface area contributed by atoms with Crippen molar-refractivity contribution in [1.82, 2.24) is 20.4 Å². The molecule has 8 heteroatoms. The highest BCUT2D eigenvalue weighted by Gasteiger charge is 2.12. The summed E-state index contributed by atoms with van der Waals surface area (Å²) in [5.41, 5.74) is 1.20. The summed E-state index contributed by atoms with van der Waals surface area (Å²) < 4.78 is 12.6. The molecule has 0 saturated carbocycles. The van der Waals surface area contributed by atoms with Gasteiger partial charge in [-0.05, 0) is 30.2 Å². The van der Waals surface area contributed by atoms with Gasteiger partial charge in [0.05, 0.1) is 6.54 Å². The monoisotopic (exact) mass is 443 g/mol. The van der Waals surface area contributed by atoms with Crippen LogP contribution < -0.4 is 20.1 Å². The van der Waals surface area contributed by atoms with Gasteiger partial charge in [0, 0.05) is 32.5 Å². The van der Waals surface area contributed by atoms with E-state index in [-0.39, 0.29) is 24.0 Å². The minimum absolute atomic E-state index is 0. The van der Waals surface area contributed by atoms with E-state index in [1.165, 1.54) is 5.56 Å². The Morgan fingerprint density at radius 2 is 2.08 bits per heavy atom. The van der Waals surface area contributed by atoms with E-state index in [0.29, 0.717) is 6.79 Å². The Balaban J connectivity index is 0.00000208. The van der Waals surface area contributed by atoms with Crippen molar-refractivity contribution in [1.29, 1.82) is 0 Å². The zero-order chi connectivity index (χ0) is 15.9. The second kappa shape index (κ2) is 9.36. The van der Waals surface area contributed by atoms with Crippen LogP contribution in [0.3, 0.4) is 0 Å². The number of aromatic nitrogens is 2. The third-order valence-corrected chi connectivity index (χ3v) is 3.56. The SMILES string of the molecule is CN=C(NCCc1ccc2c(c1)OCO2)NCCn1cccn1.I. The summed E-state index contributed by atoms with van der Waals surface area (Å²) in [6.07, 6.45) is 4.60. The van der Waals surface area contributed by atoms with Crippen molar-refractivity contribution in [2.45, 2.75) is 13.0 Å². The molecule has 0 aliphatic carbocycles. The molecule has 2 N–H and O–H groups in total. The van der Waals surface area contributed by atoms with Crippen molar-refractivity contribution < 1.29 is 9.47 Å². The van der Waals surface area contributed by atoms with Crippen molar-refractivity contribution in [3.05, 3.63) is 42.2 Å². The number of hydrogen-bond donors (Lipinski definition) is 2. The molecule has 0 amide bonds. The summed E-state index contributed by atoms with van der Waals surface area (Å²) in [6, 6.07) is 7.95. The maximum absolute atomic E-state index is 5.39. The molecular formula is C16H22IN5O2. The van der Waals surface area contributed by atoms with E-state index in [0.717, 1.165) is 43.5 Å². The Morgan fingerprint density at radius 3 is 2.88 bits per heavy atom. The molecule has 0 unspecified atom stereocenters. The molecule has 2 aromatic rings. The Labute approximate surface area is 158 Å². The van der Waals surface area contributed by atoms with Gasteiger partial charge in [-0.1, -0.05) is 6.07 Å². The van der Waals surface area contributed by atoms with E-state index in [1.54, 1.807) is 13.2 Å². The molecule has 1 aromatic heterocycles. The number of nitrogens with zero attached hydrogens (tertiary/aromatic N) is 3. The summed E-state index contributed by atoms with van der Waals surface area (Å²) >= 11 is 0. The van der Waals surface area contributed by atoms with Crippen LogP contribution in [0.5, 0.6) is 11.5 Å². The number of aliphatic imine (C=N–C) groups is 1. The number of ether oxygens (including phenoxy) is 2. The first-order valence-corrected chi connectivity index (χ1v) is 7.65. The van der Waals surface area contributed by atoms with Gasteiger partial charge < -0.3 is 20.1 Å². The molecule has 0 atom stereocenters. The average molecular weight is 443 g/mol. The fourth-order valence-corrected chi connectivity index (χ4v) is 2.36. The van der Waals surface area contributed by atoms with Crippen LogP contribution in [0.2, 0.25) is 0 Å². The van der Waals surface area contributed by atoms with E-state index in [4.69, 9.17) is 9.47 Å². The molecule has 1 aliphatic rings. The number of fused-ring (bicyclic) bond motifs is 1. The van der Waals surface area contributed by atoms with Crippen molar-refractivity contribution >= 4 is 29.9 Å². The highest BCUT2D eigenvalue weighted by Crippen LogP contribution is 2.32. The van der Waals surface area contributed by atoms with Crippen LogP contribution in [0.4, 0.5) is 0 Å². The molecule has 2 heterocycles. The quantitative estimate of drug-likeness (QED) is 0.404. The van der Waals surface area contributed by atoms with Crippen LogP contribution in [0.15, 0.2) is 41.7 Å². The third kappa shape index (κ3) is 5.02. The molecule has 1 aliphatic heterocycles. The topological polar surface area (TPSA) is 72.7 Å². The van der Waals surface area contributed by atoms with Gasteiger partial charge in [-0.15, -0.1) is 24.0 Å². The van der Waals surface area contributed by atoms with Gasteiger partial charge in [-0.3, -0.25) is 9.67 Å². The molecule has 0 saturated heterocycles. The molecular weight excluding hydrogens is 421 g/mol. The number of rotatable bonds is 6. The Bertz CT molecular complexity index is 660. The van der Waals surface area contributed by atoms with E-state index in [1.807, 2.05) is 29.1 Å².